The van der Waals surface area contributed by atoms with Crippen LogP contribution in [0.1, 0.15) is 20.3 Å². The summed E-state index contributed by atoms with van der Waals surface area (Å²) in [7, 11) is 0. The Morgan fingerprint density at radius 1 is 1.71 bits per heavy atom. The molecule has 42 valence electrons. The van der Waals surface area contributed by atoms with Crippen molar-refractivity contribution in [3.63, 3.8) is 0 Å². The molecule has 7 heavy (non-hydrogen) atoms. The van der Waals surface area contributed by atoms with Crippen LogP contribution in [0.3, 0.4) is 0 Å². The Bertz CT molecular complexity index is 59.2. The summed E-state index contributed by atoms with van der Waals surface area (Å²) in [6.07, 6.45) is 1.38. The number of hydrogen-bond donors (Lipinski definition) is 0. The van der Waals surface area contributed by atoms with Gasteiger partial charge in [0.2, 0.25) is 0 Å². The first-order valence-corrected chi connectivity index (χ1v) is 4.01. The lowest BCUT2D eigenvalue weighted by atomic mass is 10.1. The van der Waals surface area contributed by atoms with Gasteiger partial charge in [-0.1, -0.05) is 20.3 Å². The van der Waals surface area contributed by atoms with Crippen molar-refractivity contribution < 1.29 is 0 Å². The van der Waals surface area contributed by atoms with Crippen LogP contribution in [0.25, 0.3) is 0 Å². The Labute approximate surface area is 49.7 Å². The highest BCUT2D eigenvalue weighted by atomic mass is 32.2. The minimum atomic E-state index is 0.963. The third-order valence-electron chi connectivity index (χ3n) is 1.76. The van der Waals surface area contributed by atoms with Crippen LogP contribution >= 0.6 is 11.8 Å². The van der Waals surface area contributed by atoms with E-state index in [9.17, 15) is 0 Å². The molecule has 0 nitrogen and oxygen atoms in total. The lowest BCUT2D eigenvalue weighted by molar-refractivity contribution is 0.532. The Morgan fingerprint density at radius 2 is 2.43 bits per heavy atom. The van der Waals surface area contributed by atoms with Crippen molar-refractivity contribution in [3.05, 3.63) is 0 Å². The Morgan fingerprint density at radius 3 is 2.43 bits per heavy atom. The first-order valence-electron chi connectivity index (χ1n) is 2.96. The molecule has 1 aliphatic heterocycles. The molecule has 0 aromatic rings. The first kappa shape index (κ1) is 5.49. The summed E-state index contributed by atoms with van der Waals surface area (Å²) in [6, 6.07) is 0. The van der Waals surface area contributed by atoms with E-state index in [4.69, 9.17) is 0 Å². The lowest BCUT2D eigenvalue weighted by Crippen LogP contribution is -2.26. The van der Waals surface area contributed by atoms with E-state index in [1.54, 1.807) is 0 Å². The molecular formula is C6H12S. The smallest absolute Gasteiger partial charge is 0.00548 e. The molecule has 0 aliphatic carbocycles. The molecule has 0 saturated carbocycles. The molecule has 0 amide bonds. The Kier molecular flexibility index (Phi) is 1.63. The van der Waals surface area contributed by atoms with Gasteiger partial charge in [-0.05, 0) is 11.7 Å². The minimum absolute atomic E-state index is 0.963. The van der Waals surface area contributed by atoms with Crippen LogP contribution in [0, 0.1) is 5.92 Å². The van der Waals surface area contributed by atoms with Crippen molar-refractivity contribution in [1.29, 1.82) is 0 Å². The molecule has 0 aromatic heterocycles. The van der Waals surface area contributed by atoms with E-state index in [-0.39, 0.29) is 0 Å². The van der Waals surface area contributed by atoms with Gasteiger partial charge >= 0.3 is 0 Å². The number of hydrogen-bond acceptors (Lipinski definition) is 1. The van der Waals surface area contributed by atoms with Crippen LogP contribution < -0.4 is 0 Å². The zero-order chi connectivity index (χ0) is 5.28. The van der Waals surface area contributed by atoms with Gasteiger partial charge in [0.25, 0.3) is 0 Å². The molecule has 2 unspecified atom stereocenters. The third kappa shape index (κ3) is 0.933. The highest BCUT2D eigenvalue weighted by Gasteiger charge is 2.24. The predicted molar refractivity (Wildman–Crippen MR) is 35.7 cm³/mol. The molecule has 0 radical (unpaired) electrons. The highest BCUT2D eigenvalue weighted by molar-refractivity contribution is 8.01. The fourth-order valence-corrected chi connectivity index (χ4v) is 2.15. The minimum Gasteiger partial charge on any atom is -0.158 e. The van der Waals surface area contributed by atoms with Crippen LogP contribution in [0.15, 0.2) is 0 Å². The summed E-state index contributed by atoms with van der Waals surface area (Å²) in [5.74, 6) is 2.46. The first-order chi connectivity index (χ1) is 3.34. The van der Waals surface area contributed by atoms with Crippen molar-refractivity contribution in [3.8, 4) is 0 Å². The number of rotatable bonds is 1. The maximum absolute atomic E-state index is 2.32. The summed E-state index contributed by atoms with van der Waals surface area (Å²) in [4.78, 5) is 0. The normalized spacial score (nSPS) is 40.3. The van der Waals surface area contributed by atoms with Crippen LogP contribution in [0.2, 0.25) is 0 Å². The second kappa shape index (κ2) is 2.08. The summed E-state index contributed by atoms with van der Waals surface area (Å²) in [6.45, 7) is 4.60. The van der Waals surface area contributed by atoms with Crippen molar-refractivity contribution >= 4 is 11.8 Å². The van der Waals surface area contributed by atoms with Crippen LogP contribution in [0.4, 0.5) is 0 Å². The monoisotopic (exact) mass is 116 g/mol. The fraction of sp³-hybridized carbons (Fsp3) is 1.00. The highest BCUT2D eigenvalue weighted by Crippen LogP contribution is 2.35. The van der Waals surface area contributed by atoms with Gasteiger partial charge in [-0.2, -0.15) is 11.8 Å². The predicted octanol–water partition coefficient (Wildman–Crippen LogP) is 2.15. The fourth-order valence-electron chi connectivity index (χ4n) is 0.875. The van der Waals surface area contributed by atoms with Crippen LogP contribution in [-0.4, -0.2) is 11.0 Å². The summed E-state index contributed by atoms with van der Waals surface area (Å²) in [5, 5.41) is 0.963. The Balaban J connectivity index is 2.16. The van der Waals surface area contributed by atoms with E-state index >= 15 is 0 Å². The molecular weight excluding hydrogens is 104 g/mol. The van der Waals surface area contributed by atoms with Crippen LogP contribution in [-0.2, 0) is 0 Å². The molecule has 1 aliphatic rings. The van der Waals surface area contributed by atoms with Crippen molar-refractivity contribution in [1.82, 2.24) is 0 Å². The van der Waals surface area contributed by atoms with E-state index in [2.05, 4.69) is 25.6 Å². The summed E-state index contributed by atoms with van der Waals surface area (Å²) < 4.78 is 0. The molecule has 0 N–H and O–H groups in total. The van der Waals surface area contributed by atoms with Gasteiger partial charge in [0, 0.05) is 5.25 Å². The van der Waals surface area contributed by atoms with Crippen LogP contribution in [0.5, 0.6) is 0 Å². The van der Waals surface area contributed by atoms with E-state index in [1.165, 1.54) is 12.2 Å². The van der Waals surface area contributed by atoms with Gasteiger partial charge in [-0.25, -0.2) is 0 Å². The van der Waals surface area contributed by atoms with Crippen molar-refractivity contribution in [2.75, 3.05) is 5.75 Å². The SMILES string of the molecule is CCC1CSC1C. The third-order valence-corrected chi connectivity index (χ3v) is 3.29. The zero-order valence-corrected chi connectivity index (χ0v) is 5.79. The molecule has 1 saturated heterocycles. The average Bonchev–Trinajstić information content (AvgIpc) is 1.65. The maximum Gasteiger partial charge on any atom is 0.00548 e. The summed E-state index contributed by atoms with van der Waals surface area (Å²) >= 11 is 2.09. The average molecular weight is 116 g/mol. The van der Waals surface area contributed by atoms with E-state index in [0.717, 1.165) is 11.2 Å². The maximum atomic E-state index is 2.32. The number of thioether (sulfide) groups is 1. The van der Waals surface area contributed by atoms with Gasteiger partial charge in [0.1, 0.15) is 0 Å². The van der Waals surface area contributed by atoms with Gasteiger partial charge in [0.15, 0.2) is 0 Å². The van der Waals surface area contributed by atoms with Crippen molar-refractivity contribution in [2.45, 2.75) is 25.5 Å². The second-order valence-electron chi connectivity index (χ2n) is 2.21. The Hall–Kier alpha value is 0.350. The second-order valence-corrected chi connectivity index (χ2v) is 3.62. The topological polar surface area (TPSA) is 0 Å². The van der Waals surface area contributed by atoms with Gasteiger partial charge in [-0.15, -0.1) is 0 Å². The molecule has 1 fully saturated rings. The molecule has 0 bridgehead atoms. The quantitative estimate of drug-likeness (QED) is 0.506. The van der Waals surface area contributed by atoms with Gasteiger partial charge < -0.3 is 0 Å². The lowest BCUT2D eigenvalue weighted by Gasteiger charge is -2.31. The van der Waals surface area contributed by atoms with Gasteiger partial charge in [0.05, 0.1) is 0 Å². The zero-order valence-electron chi connectivity index (χ0n) is 4.98. The van der Waals surface area contributed by atoms with E-state index in [0.29, 0.717) is 0 Å². The molecule has 0 aromatic carbocycles. The largest absolute Gasteiger partial charge is 0.158 e. The molecule has 1 heterocycles. The van der Waals surface area contributed by atoms with E-state index in [1.807, 2.05) is 0 Å². The van der Waals surface area contributed by atoms with E-state index < -0.39 is 0 Å². The molecule has 2 atom stereocenters. The summed E-state index contributed by atoms with van der Waals surface area (Å²) in [5.41, 5.74) is 0. The van der Waals surface area contributed by atoms with Gasteiger partial charge in [-0.3, -0.25) is 0 Å². The molecule has 1 rings (SSSR count). The molecule has 1 heteroatoms. The standard InChI is InChI=1S/C6H12S/c1-3-6-4-7-5(6)2/h5-6H,3-4H2,1-2H3. The van der Waals surface area contributed by atoms with Crippen molar-refractivity contribution in [2.24, 2.45) is 5.92 Å². The molecule has 0 spiro atoms.